The van der Waals surface area contributed by atoms with Crippen molar-refractivity contribution in [2.45, 2.75) is 6.54 Å². The summed E-state index contributed by atoms with van der Waals surface area (Å²) in [6.07, 6.45) is 6.58. The van der Waals surface area contributed by atoms with Crippen LogP contribution in [0, 0.1) is 5.95 Å². The molecule has 0 fully saturated rings. The van der Waals surface area contributed by atoms with Crippen LogP contribution in [0.3, 0.4) is 0 Å². The Balaban J connectivity index is 1.86. The molecule has 2 heterocycles. The summed E-state index contributed by atoms with van der Waals surface area (Å²) < 4.78 is 20.1. The molecule has 0 aliphatic rings. The Morgan fingerprint density at radius 1 is 1.40 bits per heavy atom. The number of hydrogen-bond acceptors (Lipinski definition) is 3. The largest absolute Gasteiger partial charge is 0.487 e. The second-order valence-corrected chi connectivity index (χ2v) is 2.94. The van der Waals surface area contributed by atoms with E-state index in [0.717, 1.165) is 0 Å². The summed E-state index contributed by atoms with van der Waals surface area (Å²) in [5.74, 6) is -0.402. The van der Waals surface area contributed by atoms with Crippen molar-refractivity contribution >= 4 is 0 Å². The predicted octanol–water partition coefficient (Wildman–Crippen LogP) is 1.50. The van der Waals surface area contributed by atoms with E-state index in [9.17, 15) is 4.39 Å². The molecule has 0 aliphatic carbocycles. The van der Waals surface area contributed by atoms with Crippen molar-refractivity contribution in [2.24, 2.45) is 0 Å². The lowest BCUT2D eigenvalue weighted by Crippen LogP contribution is -2.07. The van der Waals surface area contributed by atoms with Gasteiger partial charge in [0.15, 0.2) is 5.75 Å². The standard InChI is InChI=1S/C10H10FN3O/c11-10-9(2-1-3-13-10)15-7-6-14-5-4-12-8-14/h1-5,8H,6-7H2. The Kier molecular flexibility index (Phi) is 2.92. The van der Waals surface area contributed by atoms with Gasteiger partial charge in [-0.3, -0.25) is 0 Å². The highest BCUT2D eigenvalue weighted by atomic mass is 19.1. The summed E-state index contributed by atoms with van der Waals surface area (Å²) in [5, 5.41) is 0. The van der Waals surface area contributed by atoms with Gasteiger partial charge < -0.3 is 9.30 Å². The fourth-order valence-electron chi connectivity index (χ4n) is 1.16. The van der Waals surface area contributed by atoms with E-state index >= 15 is 0 Å². The smallest absolute Gasteiger partial charge is 0.255 e. The van der Waals surface area contributed by atoms with Crippen LogP contribution in [0.15, 0.2) is 37.1 Å². The molecule has 0 atom stereocenters. The van der Waals surface area contributed by atoms with Gasteiger partial charge in [0.1, 0.15) is 6.61 Å². The monoisotopic (exact) mass is 207 g/mol. The second kappa shape index (κ2) is 4.54. The Hall–Kier alpha value is -1.91. The minimum Gasteiger partial charge on any atom is -0.487 e. The zero-order valence-corrected chi connectivity index (χ0v) is 8.01. The SMILES string of the molecule is Fc1ncccc1OCCn1ccnc1. The van der Waals surface area contributed by atoms with Crippen LogP contribution < -0.4 is 4.74 Å². The topological polar surface area (TPSA) is 39.9 Å². The first kappa shape index (κ1) is 9.64. The van der Waals surface area contributed by atoms with Crippen molar-refractivity contribution in [1.82, 2.24) is 14.5 Å². The highest BCUT2D eigenvalue weighted by molar-refractivity contribution is 5.17. The van der Waals surface area contributed by atoms with Gasteiger partial charge in [-0.25, -0.2) is 9.97 Å². The van der Waals surface area contributed by atoms with E-state index < -0.39 is 5.95 Å². The van der Waals surface area contributed by atoms with E-state index in [1.54, 1.807) is 24.7 Å². The van der Waals surface area contributed by atoms with Crippen LogP contribution in [0.25, 0.3) is 0 Å². The van der Waals surface area contributed by atoms with Crippen molar-refractivity contribution in [1.29, 1.82) is 0 Å². The van der Waals surface area contributed by atoms with E-state index in [2.05, 4.69) is 9.97 Å². The summed E-state index contributed by atoms with van der Waals surface area (Å²) in [5.41, 5.74) is 0. The van der Waals surface area contributed by atoms with Gasteiger partial charge >= 0.3 is 0 Å². The second-order valence-electron chi connectivity index (χ2n) is 2.94. The molecule has 0 amide bonds. The maximum absolute atomic E-state index is 13.0. The van der Waals surface area contributed by atoms with Crippen LogP contribution in [0.2, 0.25) is 0 Å². The molecular weight excluding hydrogens is 197 g/mol. The number of aromatic nitrogens is 3. The summed E-state index contributed by atoms with van der Waals surface area (Å²) in [6.45, 7) is 1.02. The first-order valence-electron chi connectivity index (χ1n) is 4.55. The van der Waals surface area contributed by atoms with Crippen molar-refractivity contribution in [3.05, 3.63) is 43.0 Å². The molecule has 0 aromatic carbocycles. The summed E-state index contributed by atoms with van der Waals surface area (Å²) in [4.78, 5) is 7.37. The van der Waals surface area contributed by atoms with Crippen LogP contribution in [-0.4, -0.2) is 21.1 Å². The van der Waals surface area contributed by atoms with Crippen molar-refractivity contribution in [3.63, 3.8) is 0 Å². The lowest BCUT2D eigenvalue weighted by atomic mass is 10.4. The van der Waals surface area contributed by atoms with Crippen LogP contribution >= 0.6 is 0 Å². The van der Waals surface area contributed by atoms with Gasteiger partial charge in [-0.2, -0.15) is 4.39 Å². The zero-order chi connectivity index (χ0) is 10.5. The Bertz CT molecular complexity index is 416. The first-order valence-corrected chi connectivity index (χ1v) is 4.55. The quantitative estimate of drug-likeness (QED) is 0.713. The normalized spacial score (nSPS) is 10.2. The lowest BCUT2D eigenvalue weighted by molar-refractivity contribution is 0.280. The molecule has 4 nitrogen and oxygen atoms in total. The van der Waals surface area contributed by atoms with E-state index in [4.69, 9.17) is 4.74 Å². The maximum Gasteiger partial charge on any atom is 0.255 e. The number of ether oxygens (including phenoxy) is 1. The summed E-state index contributed by atoms with van der Waals surface area (Å²) >= 11 is 0. The number of hydrogen-bond donors (Lipinski definition) is 0. The Morgan fingerprint density at radius 2 is 2.33 bits per heavy atom. The fraction of sp³-hybridized carbons (Fsp3) is 0.200. The average molecular weight is 207 g/mol. The lowest BCUT2D eigenvalue weighted by Gasteiger charge is -2.06. The molecule has 0 saturated carbocycles. The first-order chi connectivity index (χ1) is 7.36. The van der Waals surface area contributed by atoms with E-state index in [1.807, 2.05) is 10.8 Å². The van der Waals surface area contributed by atoms with Gasteiger partial charge in [-0.1, -0.05) is 0 Å². The highest BCUT2D eigenvalue weighted by Gasteiger charge is 2.01. The van der Waals surface area contributed by atoms with Crippen molar-refractivity contribution < 1.29 is 9.13 Å². The number of imidazole rings is 1. The van der Waals surface area contributed by atoms with Crippen LogP contribution in [0.5, 0.6) is 5.75 Å². The summed E-state index contributed by atoms with van der Waals surface area (Å²) in [7, 11) is 0. The maximum atomic E-state index is 13.0. The number of halogens is 1. The van der Waals surface area contributed by atoms with Gasteiger partial charge in [0, 0.05) is 18.6 Å². The zero-order valence-electron chi connectivity index (χ0n) is 8.01. The molecule has 2 aromatic rings. The Labute approximate surface area is 86.4 Å². The van der Waals surface area contributed by atoms with Gasteiger partial charge in [0.2, 0.25) is 0 Å². The highest BCUT2D eigenvalue weighted by Crippen LogP contribution is 2.12. The summed E-state index contributed by atoms with van der Waals surface area (Å²) in [6, 6.07) is 3.19. The molecule has 0 saturated heterocycles. The molecule has 15 heavy (non-hydrogen) atoms. The number of rotatable bonds is 4. The van der Waals surface area contributed by atoms with Crippen LogP contribution in [-0.2, 0) is 6.54 Å². The van der Waals surface area contributed by atoms with Gasteiger partial charge in [-0.15, -0.1) is 0 Å². The van der Waals surface area contributed by atoms with E-state index in [1.165, 1.54) is 6.20 Å². The number of nitrogens with zero attached hydrogens (tertiary/aromatic N) is 3. The third kappa shape index (κ3) is 2.52. The van der Waals surface area contributed by atoms with E-state index in [-0.39, 0.29) is 5.75 Å². The molecule has 78 valence electrons. The molecule has 0 radical (unpaired) electrons. The molecule has 2 aromatic heterocycles. The third-order valence-corrected chi connectivity index (χ3v) is 1.89. The molecule has 0 spiro atoms. The van der Waals surface area contributed by atoms with E-state index in [0.29, 0.717) is 13.2 Å². The average Bonchev–Trinajstić information content (AvgIpc) is 2.74. The van der Waals surface area contributed by atoms with Crippen LogP contribution in [0.1, 0.15) is 0 Å². The molecule has 0 bridgehead atoms. The van der Waals surface area contributed by atoms with Gasteiger partial charge in [0.25, 0.3) is 5.95 Å². The molecule has 0 aliphatic heterocycles. The van der Waals surface area contributed by atoms with Crippen molar-refractivity contribution in [3.8, 4) is 5.75 Å². The van der Waals surface area contributed by atoms with Gasteiger partial charge in [0.05, 0.1) is 12.9 Å². The molecule has 5 heteroatoms. The molecule has 0 N–H and O–H groups in total. The predicted molar refractivity (Wildman–Crippen MR) is 51.9 cm³/mol. The third-order valence-electron chi connectivity index (χ3n) is 1.89. The fourth-order valence-corrected chi connectivity index (χ4v) is 1.16. The Morgan fingerprint density at radius 3 is 3.07 bits per heavy atom. The minimum atomic E-state index is -0.580. The molecule has 0 unspecified atom stereocenters. The molecular formula is C10H10FN3O. The number of pyridine rings is 1. The van der Waals surface area contributed by atoms with Crippen LogP contribution in [0.4, 0.5) is 4.39 Å². The van der Waals surface area contributed by atoms with Crippen molar-refractivity contribution in [2.75, 3.05) is 6.61 Å². The minimum absolute atomic E-state index is 0.178. The molecule has 2 rings (SSSR count). The van der Waals surface area contributed by atoms with Gasteiger partial charge in [-0.05, 0) is 12.1 Å².